The Hall–Kier alpha value is -2.54. The zero-order valence-corrected chi connectivity index (χ0v) is 13.2. The van der Waals surface area contributed by atoms with E-state index in [1.807, 2.05) is 40.9 Å². The predicted molar refractivity (Wildman–Crippen MR) is 88.3 cm³/mol. The normalized spacial score (nSPS) is 10.6. The van der Waals surface area contributed by atoms with Crippen molar-refractivity contribution >= 4 is 23.5 Å². The van der Waals surface area contributed by atoms with Crippen molar-refractivity contribution in [1.29, 1.82) is 0 Å². The van der Waals surface area contributed by atoms with Gasteiger partial charge in [-0.25, -0.2) is 9.78 Å². The van der Waals surface area contributed by atoms with Crippen molar-refractivity contribution in [2.45, 2.75) is 11.6 Å². The van der Waals surface area contributed by atoms with Crippen LogP contribution in [0.4, 0.5) is 4.79 Å². The molecule has 23 heavy (non-hydrogen) atoms. The number of rotatable bonds is 6. The molecule has 0 bridgehead atoms. The van der Waals surface area contributed by atoms with Crippen molar-refractivity contribution < 1.29 is 9.53 Å². The van der Waals surface area contributed by atoms with Crippen LogP contribution in [0, 0.1) is 0 Å². The maximum absolute atomic E-state index is 11.6. The van der Waals surface area contributed by atoms with Crippen molar-refractivity contribution in [3.05, 3.63) is 60.7 Å². The Balaban J connectivity index is 1.39. The third-order valence-corrected chi connectivity index (χ3v) is 4.14. The number of pyridine rings is 2. The number of hydrogen-bond donors (Lipinski definition) is 1. The lowest BCUT2D eigenvalue weighted by Crippen LogP contribution is -2.24. The van der Waals surface area contributed by atoms with Crippen LogP contribution in [0.25, 0.3) is 5.65 Å². The summed E-state index contributed by atoms with van der Waals surface area (Å²) in [5.74, 6) is 0.681. The molecule has 0 aliphatic carbocycles. The summed E-state index contributed by atoms with van der Waals surface area (Å²) < 4.78 is 7.18. The van der Waals surface area contributed by atoms with E-state index in [2.05, 4.69) is 15.3 Å². The highest BCUT2D eigenvalue weighted by molar-refractivity contribution is 7.99. The number of thioether (sulfide) groups is 1. The average molecular weight is 328 g/mol. The van der Waals surface area contributed by atoms with Crippen molar-refractivity contribution in [2.75, 3.05) is 12.4 Å². The summed E-state index contributed by atoms with van der Waals surface area (Å²) in [7, 11) is 0. The smallest absolute Gasteiger partial charge is 0.407 e. The summed E-state index contributed by atoms with van der Waals surface area (Å²) in [5.41, 5.74) is 1.89. The van der Waals surface area contributed by atoms with Crippen LogP contribution in [0.5, 0.6) is 0 Å². The molecule has 3 rings (SSSR count). The standard InChI is InChI=1S/C16H16N4O2S/c21-16(19-12-13-4-6-17-7-5-13)22-10-11-23-15-3-1-2-14-18-8-9-20(14)15/h1-9H,10-12H2,(H,19,21). The number of alkyl carbamates (subject to hydrolysis) is 1. The van der Waals surface area contributed by atoms with Gasteiger partial charge in [-0.2, -0.15) is 0 Å². The van der Waals surface area contributed by atoms with E-state index < -0.39 is 6.09 Å². The van der Waals surface area contributed by atoms with E-state index >= 15 is 0 Å². The topological polar surface area (TPSA) is 68.5 Å². The predicted octanol–water partition coefficient (Wildman–Crippen LogP) is 2.75. The largest absolute Gasteiger partial charge is 0.449 e. The van der Waals surface area contributed by atoms with Crippen molar-refractivity contribution in [2.24, 2.45) is 0 Å². The van der Waals surface area contributed by atoms with Crippen LogP contribution in [0.15, 0.2) is 60.1 Å². The SMILES string of the molecule is O=C(NCc1ccncc1)OCCSc1cccc2nccn12. The van der Waals surface area contributed by atoms with E-state index in [1.54, 1.807) is 30.4 Å². The number of imidazole rings is 1. The highest BCUT2D eigenvalue weighted by atomic mass is 32.2. The number of carbonyl (C=O) groups excluding carboxylic acids is 1. The van der Waals surface area contributed by atoms with Crippen molar-refractivity contribution in [3.63, 3.8) is 0 Å². The molecule has 0 aliphatic heterocycles. The molecule has 1 N–H and O–H groups in total. The second kappa shape index (κ2) is 7.64. The highest BCUT2D eigenvalue weighted by Gasteiger charge is 2.04. The van der Waals surface area contributed by atoms with Gasteiger partial charge in [0, 0.05) is 37.1 Å². The van der Waals surface area contributed by atoms with E-state index in [1.165, 1.54) is 0 Å². The molecule has 0 spiro atoms. The Morgan fingerprint density at radius 2 is 2.09 bits per heavy atom. The summed E-state index contributed by atoms with van der Waals surface area (Å²) in [6, 6.07) is 9.63. The van der Waals surface area contributed by atoms with Crippen LogP contribution < -0.4 is 5.32 Å². The van der Waals surface area contributed by atoms with E-state index in [0.29, 0.717) is 18.9 Å². The molecule has 3 heterocycles. The summed E-state index contributed by atoms with van der Waals surface area (Å²) >= 11 is 1.62. The summed E-state index contributed by atoms with van der Waals surface area (Å²) in [5, 5.41) is 3.78. The lowest BCUT2D eigenvalue weighted by molar-refractivity contribution is 0.152. The van der Waals surface area contributed by atoms with Gasteiger partial charge in [0.1, 0.15) is 12.3 Å². The van der Waals surface area contributed by atoms with Gasteiger partial charge in [0.15, 0.2) is 0 Å². The highest BCUT2D eigenvalue weighted by Crippen LogP contribution is 2.18. The number of carbonyl (C=O) groups is 1. The van der Waals surface area contributed by atoms with Gasteiger partial charge in [0.2, 0.25) is 0 Å². The maximum Gasteiger partial charge on any atom is 0.407 e. The quantitative estimate of drug-likeness (QED) is 0.556. The molecule has 3 aromatic rings. The van der Waals surface area contributed by atoms with Crippen molar-refractivity contribution in [1.82, 2.24) is 19.7 Å². The molecule has 0 radical (unpaired) electrons. The number of fused-ring (bicyclic) bond motifs is 1. The van der Waals surface area contributed by atoms with Crippen LogP contribution in [-0.4, -0.2) is 32.8 Å². The van der Waals surface area contributed by atoms with Gasteiger partial charge in [-0.3, -0.25) is 9.38 Å². The van der Waals surface area contributed by atoms with Gasteiger partial charge in [-0.15, -0.1) is 11.8 Å². The zero-order chi connectivity index (χ0) is 15.9. The molecule has 0 unspecified atom stereocenters. The minimum atomic E-state index is -0.414. The van der Waals surface area contributed by atoms with Gasteiger partial charge in [-0.05, 0) is 29.8 Å². The van der Waals surface area contributed by atoms with E-state index in [0.717, 1.165) is 16.2 Å². The minimum Gasteiger partial charge on any atom is -0.449 e. The maximum atomic E-state index is 11.6. The monoisotopic (exact) mass is 328 g/mol. The zero-order valence-electron chi connectivity index (χ0n) is 12.4. The molecule has 0 atom stereocenters. The van der Waals surface area contributed by atoms with Gasteiger partial charge in [0.25, 0.3) is 0 Å². The van der Waals surface area contributed by atoms with Crippen molar-refractivity contribution in [3.8, 4) is 0 Å². The Labute approximate surface area is 137 Å². The second-order valence-corrected chi connectivity index (χ2v) is 5.83. The first-order chi connectivity index (χ1) is 11.3. The Morgan fingerprint density at radius 3 is 2.96 bits per heavy atom. The second-order valence-electron chi connectivity index (χ2n) is 4.71. The Kier molecular flexibility index (Phi) is 5.10. The third-order valence-electron chi connectivity index (χ3n) is 3.14. The average Bonchev–Trinajstić information content (AvgIpc) is 3.07. The van der Waals surface area contributed by atoms with E-state index in [4.69, 9.17) is 4.74 Å². The molecule has 1 amide bonds. The third kappa shape index (κ3) is 4.23. The summed E-state index contributed by atoms with van der Waals surface area (Å²) in [4.78, 5) is 19.8. The number of nitrogens with zero attached hydrogens (tertiary/aromatic N) is 3. The molecule has 0 saturated carbocycles. The number of ether oxygens (including phenoxy) is 1. The molecular formula is C16H16N4O2S. The first-order valence-corrected chi connectivity index (χ1v) is 8.16. The molecule has 0 aliphatic rings. The first kappa shape index (κ1) is 15.4. The molecular weight excluding hydrogens is 312 g/mol. The Morgan fingerprint density at radius 1 is 1.22 bits per heavy atom. The minimum absolute atomic E-state index is 0.345. The molecule has 3 aromatic heterocycles. The fourth-order valence-electron chi connectivity index (χ4n) is 2.05. The number of amides is 1. The lowest BCUT2D eigenvalue weighted by atomic mass is 10.3. The Bertz CT molecular complexity index is 776. The lowest BCUT2D eigenvalue weighted by Gasteiger charge is -2.08. The molecule has 0 fully saturated rings. The summed E-state index contributed by atoms with van der Waals surface area (Å²) in [6.07, 6.45) is 6.65. The fourth-order valence-corrected chi connectivity index (χ4v) is 2.89. The molecule has 6 nitrogen and oxygen atoms in total. The number of aromatic nitrogens is 3. The van der Waals surface area contributed by atoms with E-state index in [9.17, 15) is 4.79 Å². The molecule has 0 saturated heterocycles. The first-order valence-electron chi connectivity index (χ1n) is 7.17. The van der Waals surface area contributed by atoms with Crippen LogP contribution in [0.3, 0.4) is 0 Å². The molecule has 118 valence electrons. The molecule has 0 aromatic carbocycles. The summed E-state index contributed by atoms with van der Waals surface area (Å²) in [6.45, 7) is 0.779. The fraction of sp³-hybridized carbons (Fsp3) is 0.188. The molecule has 7 heteroatoms. The van der Waals surface area contributed by atoms with Gasteiger partial charge in [0.05, 0.1) is 5.03 Å². The van der Waals surface area contributed by atoms with Crippen LogP contribution in [0.1, 0.15) is 5.56 Å². The van der Waals surface area contributed by atoms with Crippen LogP contribution in [-0.2, 0) is 11.3 Å². The van der Waals surface area contributed by atoms with Gasteiger partial charge < -0.3 is 10.1 Å². The number of hydrogen-bond acceptors (Lipinski definition) is 5. The number of nitrogens with one attached hydrogen (secondary N) is 1. The van der Waals surface area contributed by atoms with Crippen LogP contribution in [0.2, 0.25) is 0 Å². The van der Waals surface area contributed by atoms with Crippen LogP contribution >= 0.6 is 11.8 Å². The van der Waals surface area contributed by atoms with Gasteiger partial charge in [-0.1, -0.05) is 6.07 Å². The van der Waals surface area contributed by atoms with Gasteiger partial charge >= 0.3 is 6.09 Å². The van der Waals surface area contributed by atoms with E-state index in [-0.39, 0.29) is 0 Å².